The fourth-order valence-electron chi connectivity index (χ4n) is 3.51. The summed E-state index contributed by atoms with van der Waals surface area (Å²) in [7, 11) is 0. The summed E-state index contributed by atoms with van der Waals surface area (Å²) in [5, 5.41) is 9.07. The van der Waals surface area contributed by atoms with Crippen LogP contribution in [0.1, 0.15) is 22.3 Å². The fourth-order valence-corrected chi connectivity index (χ4v) is 3.51. The molecule has 9 heteroatoms. The molecule has 0 radical (unpaired) electrons. The molecule has 2 amide bonds. The number of benzene rings is 2. The van der Waals surface area contributed by atoms with Gasteiger partial charge in [0.2, 0.25) is 0 Å². The van der Waals surface area contributed by atoms with E-state index < -0.39 is 35.6 Å². The fraction of sp³-hybridized carbons (Fsp3) is 0.300. The van der Waals surface area contributed by atoms with Crippen LogP contribution < -0.4 is 4.90 Å². The lowest BCUT2D eigenvalue weighted by molar-refractivity contribution is -0.137. The van der Waals surface area contributed by atoms with Crippen molar-refractivity contribution in [2.75, 3.05) is 4.90 Å². The van der Waals surface area contributed by atoms with Gasteiger partial charge in [0, 0.05) is 0 Å². The molecule has 2 aliphatic heterocycles. The number of rotatable bonds is 3. The number of alkyl halides is 3. The number of anilines is 1. The quantitative estimate of drug-likeness (QED) is 0.734. The lowest BCUT2D eigenvalue weighted by Crippen LogP contribution is -2.39. The van der Waals surface area contributed by atoms with Gasteiger partial charge >= 0.3 is 6.18 Å². The van der Waals surface area contributed by atoms with Crippen LogP contribution in [-0.4, -0.2) is 28.9 Å². The van der Waals surface area contributed by atoms with Crippen molar-refractivity contribution in [3.8, 4) is 0 Å². The SMILES string of the molecule is Cc1ccc(N2C(=O)[C@@H]3N=NN(Cc4cccc(C(F)(F)F)c4)[C@H]3C2=O)cc1C. The van der Waals surface area contributed by atoms with Crippen molar-refractivity contribution in [3.63, 3.8) is 0 Å². The molecule has 29 heavy (non-hydrogen) atoms. The molecule has 150 valence electrons. The van der Waals surface area contributed by atoms with Crippen molar-refractivity contribution >= 4 is 17.5 Å². The van der Waals surface area contributed by atoms with Crippen LogP contribution in [0.25, 0.3) is 0 Å². The summed E-state index contributed by atoms with van der Waals surface area (Å²) in [4.78, 5) is 26.8. The first-order valence-electron chi connectivity index (χ1n) is 8.95. The molecule has 0 N–H and O–H groups in total. The maximum atomic E-state index is 13.0. The van der Waals surface area contributed by atoms with E-state index in [0.29, 0.717) is 11.3 Å². The molecule has 0 spiro atoms. The Morgan fingerprint density at radius 1 is 1.00 bits per heavy atom. The van der Waals surface area contributed by atoms with Gasteiger partial charge in [0.15, 0.2) is 12.1 Å². The Hall–Kier alpha value is -3.23. The predicted molar refractivity (Wildman–Crippen MR) is 97.8 cm³/mol. The van der Waals surface area contributed by atoms with Crippen LogP contribution in [0.15, 0.2) is 52.8 Å². The van der Waals surface area contributed by atoms with Crippen LogP contribution in [0, 0.1) is 13.8 Å². The van der Waals surface area contributed by atoms with Gasteiger partial charge in [-0.1, -0.05) is 23.4 Å². The number of amides is 2. The summed E-state index contributed by atoms with van der Waals surface area (Å²) in [5.41, 5.74) is 1.95. The Morgan fingerprint density at radius 3 is 2.45 bits per heavy atom. The Labute approximate surface area is 164 Å². The van der Waals surface area contributed by atoms with Crippen molar-refractivity contribution in [2.45, 2.75) is 38.7 Å². The van der Waals surface area contributed by atoms with Crippen molar-refractivity contribution in [2.24, 2.45) is 10.3 Å². The first-order chi connectivity index (χ1) is 13.7. The second-order valence-corrected chi connectivity index (χ2v) is 7.17. The number of aryl methyl sites for hydroxylation is 2. The summed E-state index contributed by atoms with van der Waals surface area (Å²) in [6, 6.07) is 8.10. The lowest BCUT2D eigenvalue weighted by atomic mass is 10.1. The number of nitrogens with zero attached hydrogens (tertiary/aromatic N) is 4. The first kappa shape index (κ1) is 19.1. The van der Waals surface area contributed by atoms with Crippen molar-refractivity contribution < 1.29 is 22.8 Å². The predicted octanol–water partition coefficient (Wildman–Crippen LogP) is 3.82. The van der Waals surface area contributed by atoms with Crippen molar-refractivity contribution in [3.05, 3.63) is 64.7 Å². The molecule has 0 aromatic heterocycles. The minimum Gasteiger partial charge on any atom is -0.271 e. The number of hydrogen-bond acceptors (Lipinski definition) is 5. The largest absolute Gasteiger partial charge is 0.416 e. The van der Waals surface area contributed by atoms with Gasteiger partial charge in [-0.2, -0.15) is 18.3 Å². The van der Waals surface area contributed by atoms with E-state index in [1.54, 1.807) is 12.1 Å². The molecular weight excluding hydrogens is 385 g/mol. The van der Waals surface area contributed by atoms with Gasteiger partial charge in [0.1, 0.15) is 0 Å². The monoisotopic (exact) mass is 402 g/mol. The van der Waals surface area contributed by atoms with Gasteiger partial charge in [0.25, 0.3) is 11.8 Å². The second kappa shape index (κ2) is 6.68. The zero-order chi connectivity index (χ0) is 20.9. The van der Waals surface area contributed by atoms with Gasteiger partial charge in [-0.3, -0.25) is 14.6 Å². The molecule has 2 aliphatic rings. The molecule has 2 aromatic rings. The molecule has 0 aliphatic carbocycles. The van der Waals surface area contributed by atoms with E-state index in [0.717, 1.165) is 28.2 Å². The molecule has 0 bridgehead atoms. The highest BCUT2D eigenvalue weighted by Gasteiger charge is 2.54. The average Bonchev–Trinajstić information content (AvgIpc) is 3.17. The van der Waals surface area contributed by atoms with Crippen LogP contribution in [0.3, 0.4) is 0 Å². The minimum absolute atomic E-state index is 0.0611. The Kier molecular flexibility index (Phi) is 4.40. The van der Waals surface area contributed by atoms with Gasteiger partial charge in [-0.25, -0.2) is 4.90 Å². The third-order valence-electron chi connectivity index (χ3n) is 5.21. The van der Waals surface area contributed by atoms with E-state index in [9.17, 15) is 22.8 Å². The van der Waals surface area contributed by atoms with E-state index in [1.807, 2.05) is 19.9 Å². The number of fused-ring (bicyclic) bond motifs is 1. The molecule has 2 heterocycles. The molecule has 2 aromatic carbocycles. The van der Waals surface area contributed by atoms with E-state index in [4.69, 9.17) is 0 Å². The lowest BCUT2D eigenvalue weighted by Gasteiger charge is -2.21. The van der Waals surface area contributed by atoms with Gasteiger partial charge in [-0.15, -0.1) is 0 Å². The zero-order valence-electron chi connectivity index (χ0n) is 15.6. The Morgan fingerprint density at radius 2 is 1.76 bits per heavy atom. The summed E-state index contributed by atoms with van der Waals surface area (Å²) in [5.74, 6) is -0.973. The van der Waals surface area contributed by atoms with Crippen LogP contribution in [0.4, 0.5) is 18.9 Å². The van der Waals surface area contributed by atoms with Gasteiger partial charge < -0.3 is 0 Å². The first-order valence-corrected chi connectivity index (χ1v) is 8.95. The highest BCUT2D eigenvalue weighted by molar-refractivity contribution is 6.25. The van der Waals surface area contributed by atoms with Crippen LogP contribution in [0.5, 0.6) is 0 Å². The van der Waals surface area contributed by atoms with E-state index in [-0.39, 0.29) is 6.54 Å². The summed E-state index contributed by atoms with van der Waals surface area (Å²) >= 11 is 0. The molecule has 0 saturated carbocycles. The van der Waals surface area contributed by atoms with E-state index in [1.165, 1.54) is 17.1 Å². The normalized spacial score (nSPS) is 21.3. The second-order valence-electron chi connectivity index (χ2n) is 7.17. The highest BCUT2D eigenvalue weighted by Crippen LogP contribution is 2.34. The van der Waals surface area contributed by atoms with Crippen molar-refractivity contribution in [1.82, 2.24) is 5.01 Å². The standard InChI is InChI=1S/C20H17F3N4O2/c1-11-6-7-15(8-12(11)2)27-18(28)16-17(19(27)29)26(25-24-16)10-13-4-3-5-14(9-13)20(21,22)23/h3-9,16-17H,10H2,1-2H3/t16-,17-/m1/s1. The van der Waals surface area contributed by atoms with Crippen molar-refractivity contribution in [1.29, 1.82) is 0 Å². The summed E-state index contributed by atoms with van der Waals surface area (Å²) in [6.45, 7) is 3.74. The Balaban J connectivity index is 1.59. The summed E-state index contributed by atoms with van der Waals surface area (Å²) in [6.07, 6.45) is -4.47. The number of carbonyl (C=O) groups excluding carboxylic acids is 2. The number of carbonyl (C=O) groups is 2. The maximum Gasteiger partial charge on any atom is 0.416 e. The van der Waals surface area contributed by atoms with Crippen LogP contribution in [-0.2, 0) is 22.3 Å². The molecule has 1 saturated heterocycles. The third-order valence-corrected chi connectivity index (χ3v) is 5.21. The van der Waals surface area contributed by atoms with Gasteiger partial charge in [0.05, 0.1) is 17.8 Å². The number of hydrogen-bond donors (Lipinski definition) is 0. The molecule has 0 unspecified atom stereocenters. The topological polar surface area (TPSA) is 65.3 Å². The maximum absolute atomic E-state index is 13.0. The average molecular weight is 402 g/mol. The molecule has 6 nitrogen and oxygen atoms in total. The molecule has 2 atom stereocenters. The molecular formula is C20H17F3N4O2. The zero-order valence-corrected chi connectivity index (χ0v) is 15.6. The molecule has 1 fully saturated rings. The Bertz CT molecular complexity index is 1030. The van der Waals surface area contributed by atoms with Crippen LogP contribution in [0.2, 0.25) is 0 Å². The van der Waals surface area contributed by atoms with Gasteiger partial charge in [-0.05, 0) is 54.8 Å². The van der Waals surface area contributed by atoms with E-state index in [2.05, 4.69) is 10.3 Å². The number of halogens is 3. The summed E-state index contributed by atoms with van der Waals surface area (Å²) < 4.78 is 38.8. The smallest absolute Gasteiger partial charge is 0.271 e. The molecule has 4 rings (SSSR count). The third kappa shape index (κ3) is 3.26. The highest BCUT2D eigenvalue weighted by atomic mass is 19.4. The van der Waals surface area contributed by atoms with E-state index >= 15 is 0 Å². The minimum atomic E-state index is -4.47. The van der Waals surface area contributed by atoms with Crippen LogP contribution >= 0.6 is 0 Å². The number of imide groups is 1.